The monoisotopic (exact) mass is 468 g/mol. The van der Waals surface area contributed by atoms with Gasteiger partial charge in [-0.1, -0.05) is 45.9 Å². The number of sulfonamides is 1. The molecule has 0 heterocycles. The van der Waals surface area contributed by atoms with E-state index in [1.54, 1.807) is 12.1 Å². The lowest BCUT2D eigenvalue weighted by atomic mass is 10.1. The summed E-state index contributed by atoms with van der Waals surface area (Å²) in [6, 6.07) is 12.7. The number of methoxy groups -OCH3 is 1. The van der Waals surface area contributed by atoms with Crippen molar-refractivity contribution < 1.29 is 22.6 Å². The van der Waals surface area contributed by atoms with Crippen LogP contribution in [0.5, 0.6) is 17.2 Å². The summed E-state index contributed by atoms with van der Waals surface area (Å²) >= 11 is 0. The second-order valence-electron chi connectivity index (χ2n) is 6.32. The Bertz CT molecular complexity index is 872. The molecular weight excluding hydrogens is 428 g/mol. The number of benzene rings is 2. The quantitative estimate of drug-likeness (QED) is 0.474. The lowest BCUT2D eigenvalue weighted by Crippen LogP contribution is -2.32. The summed E-state index contributed by atoms with van der Waals surface area (Å²) in [5.74, 6) is 1.69. The van der Waals surface area contributed by atoms with E-state index in [1.807, 2.05) is 71.9 Å². The molecule has 3 N–H and O–H groups in total. The summed E-state index contributed by atoms with van der Waals surface area (Å²) < 4.78 is 39.9. The van der Waals surface area contributed by atoms with E-state index in [0.717, 1.165) is 11.3 Å². The standard InChI is InChI=1S/C20H28N2O5S.2C2H6/c1-4-26-17-7-5-6-8-18(17)27-12-11-22-15(2)13-16-9-10-19(25-3)20(14-16)28(21,23)24;2*1-2/h5-10,14-15,22H,4,11-13H2,1-3H3,(H2,21,23,24);2*1-2H3. The predicted molar refractivity (Wildman–Crippen MR) is 131 cm³/mol. The molecule has 0 saturated carbocycles. The summed E-state index contributed by atoms with van der Waals surface area (Å²) in [6.07, 6.45) is 0.641. The molecule has 7 nitrogen and oxygen atoms in total. The van der Waals surface area contributed by atoms with Gasteiger partial charge in [-0.25, -0.2) is 13.6 Å². The van der Waals surface area contributed by atoms with Crippen LogP contribution in [-0.2, 0) is 16.4 Å². The first-order valence-corrected chi connectivity index (χ1v) is 12.7. The van der Waals surface area contributed by atoms with Gasteiger partial charge in [0.1, 0.15) is 17.3 Å². The summed E-state index contributed by atoms with van der Waals surface area (Å²) in [4.78, 5) is -0.00411. The number of nitrogens with two attached hydrogens (primary N) is 1. The molecule has 32 heavy (non-hydrogen) atoms. The largest absolute Gasteiger partial charge is 0.495 e. The highest BCUT2D eigenvalue weighted by Crippen LogP contribution is 2.26. The maximum absolute atomic E-state index is 11.7. The maximum Gasteiger partial charge on any atom is 0.241 e. The number of nitrogens with one attached hydrogen (secondary N) is 1. The predicted octanol–water partition coefficient (Wildman–Crippen LogP) is 4.39. The Kier molecular flexibility index (Phi) is 15.2. The summed E-state index contributed by atoms with van der Waals surface area (Å²) in [5, 5.41) is 8.63. The number of hydrogen-bond acceptors (Lipinski definition) is 6. The maximum atomic E-state index is 11.7. The van der Waals surface area contributed by atoms with Crippen LogP contribution in [0.2, 0.25) is 0 Å². The molecule has 0 aliphatic rings. The normalized spacial score (nSPS) is 11.2. The van der Waals surface area contributed by atoms with Crippen molar-refractivity contribution in [3.05, 3.63) is 48.0 Å². The molecule has 0 fully saturated rings. The number of rotatable bonds is 11. The molecule has 0 spiro atoms. The molecule has 8 heteroatoms. The van der Waals surface area contributed by atoms with Crippen LogP contribution in [0, 0.1) is 0 Å². The molecule has 0 aliphatic heterocycles. The SMILES string of the molecule is CC.CC.CCOc1ccccc1OCCNC(C)Cc1ccc(OC)c(S(N)(=O)=O)c1. The van der Waals surface area contributed by atoms with Gasteiger partial charge in [0.25, 0.3) is 0 Å². The number of primary sulfonamides is 1. The topological polar surface area (TPSA) is 99.9 Å². The highest BCUT2D eigenvalue weighted by atomic mass is 32.2. The Morgan fingerprint density at radius 1 is 0.969 bits per heavy atom. The second-order valence-corrected chi connectivity index (χ2v) is 7.85. The van der Waals surface area contributed by atoms with Gasteiger partial charge < -0.3 is 19.5 Å². The van der Waals surface area contributed by atoms with Gasteiger partial charge in [0.15, 0.2) is 11.5 Å². The lowest BCUT2D eigenvalue weighted by molar-refractivity contribution is 0.272. The van der Waals surface area contributed by atoms with Crippen LogP contribution in [0.4, 0.5) is 0 Å². The van der Waals surface area contributed by atoms with Crippen molar-refractivity contribution in [1.29, 1.82) is 0 Å². The van der Waals surface area contributed by atoms with E-state index >= 15 is 0 Å². The molecule has 0 aliphatic carbocycles. The minimum absolute atomic E-state index is 0.00411. The molecule has 182 valence electrons. The summed E-state index contributed by atoms with van der Waals surface area (Å²) in [6.45, 7) is 13.7. The van der Waals surface area contributed by atoms with Crippen LogP contribution in [-0.4, -0.2) is 41.3 Å². The number of ether oxygens (including phenoxy) is 3. The van der Waals surface area contributed by atoms with Crippen LogP contribution < -0.4 is 24.7 Å². The summed E-state index contributed by atoms with van der Waals surface area (Å²) in [5.41, 5.74) is 0.854. The van der Waals surface area contributed by atoms with Gasteiger partial charge >= 0.3 is 0 Å². The smallest absolute Gasteiger partial charge is 0.241 e. The number of para-hydroxylation sites is 2. The zero-order chi connectivity index (χ0) is 24.6. The molecule has 0 saturated heterocycles. The van der Waals surface area contributed by atoms with Gasteiger partial charge in [-0.3, -0.25) is 0 Å². The number of hydrogen-bond donors (Lipinski definition) is 2. The highest BCUT2D eigenvalue weighted by molar-refractivity contribution is 7.89. The van der Waals surface area contributed by atoms with E-state index in [-0.39, 0.29) is 16.7 Å². The van der Waals surface area contributed by atoms with Crippen molar-refractivity contribution in [1.82, 2.24) is 5.32 Å². The van der Waals surface area contributed by atoms with E-state index in [1.165, 1.54) is 7.11 Å². The van der Waals surface area contributed by atoms with E-state index in [2.05, 4.69) is 5.32 Å². The fourth-order valence-corrected chi connectivity index (χ4v) is 3.55. The van der Waals surface area contributed by atoms with Gasteiger partial charge in [-0.05, 0) is 50.1 Å². The first-order chi connectivity index (χ1) is 15.3. The molecule has 1 unspecified atom stereocenters. The fourth-order valence-electron chi connectivity index (χ4n) is 2.81. The third-order valence-electron chi connectivity index (χ3n) is 4.08. The van der Waals surface area contributed by atoms with Crippen molar-refractivity contribution in [2.24, 2.45) is 5.14 Å². The third kappa shape index (κ3) is 10.3. The van der Waals surface area contributed by atoms with E-state index in [0.29, 0.717) is 31.9 Å². The van der Waals surface area contributed by atoms with Gasteiger partial charge in [-0.15, -0.1) is 0 Å². The molecule has 0 aromatic heterocycles. The molecule has 1 atom stereocenters. The molecule has 2 rings (SSSR count). The second kappa shape index (κ2) is 16.4. The molecule has 0 radical (unpaired) electrons. The van der Waals surface area contributed by atoms with Crippen LogP contribution >= 0.6 is 0 Å². The van der Waals surface area contributed by atoms with Crippen molar-refractivity contribution in [2.75, 3.05) is 26.9 Å². The Labute approximate surface area is 194 Å². The van der Waals surface area contributed by atoms with Crippen molar-refractivity contribution >= 4 is 10.0 Å². The van der Waals surface area contributed by atoms with Crippen LogP contribution in [0.1, 0.15) is 47.1 Å². The van der Waals surface area contributed by atoms with E-state index < -0.39 is 10.0 Å². The van der Waals surface area contributed by atoms with Crippen LogP contribution in [0.15, 0.2) is 47.4 Å². The van der Waals surface area contributed by atoms with E-state index in [9.17, 15) is 8.42 Å². The minimum atomic E-state index is -3.84. The van der Waals surface area contributed by atoms with Gasteiger partial charge in [-0.2, -0.15) is 0 Å². The highest BCUT2D eigenvalue weighted by Gasteiger charge is 2.16. The van der Waals surface area contributed by atoms with Gasteiger partial charge in [0.05, 0.1) is 13.7 Å². The zero-order valence-corrected chi connectivity index (χ0v) is 21.3. The first kappa shape index (κ1) is 29.7. The molecule has 2 aromatic carbocycles. The Morgan fingerprint density at radius 2 is 1.56 bits per heavy atom. The first-order valence-electron chi connectivity index (χ1n) is 11.1. The van der Waals surface area contributed by atoms with E-state index in [4.69, 9.17) is 19.3 Å². The lowest BCUT2D eigenvalue weighted by Gasteiger charge is -2.16. The average molecular weight is 469 g/mol. The minimum Gasteiger partial charge on any atom is -0.495 e. The summed E-state index contributed by atoms with van der Waals surface area (Å²) in [7, 11) is -2.43. The zero-order valence-electron chi connectivity index (χ0n) is 20.5. The average Bonchev–Trinajstić information content (AvgIpc) is 2.80. The van der Waals surface area contributed by atoms with Crippen LogP contribution in [0.25, 0.3) is 0 Å². The molecular formula is C24H40N2O5S. The Hall–Kier alpha value is -2.29. The van der Waals surface area contributed by atoms with Crippen molar-refractivity contribution in [3.8, 4) is 17.2 Å². The molecule has 0 bridgehead atoms. The van der Waals surface area contributed by atoms with Gasteiger partial charge in [0.2, 0.25) is 10.0 Å². The molecule has 0 amide bonds. The third-order valence-corrected chi connectivity index (χ3v) is 5.01. The van der Waals surface area contributed by atoms with Gasteiger partial charge in [0, 0.05) is 12.6 Å². The van der Waals surface area contributed by atoms with Crippen LogP contribution in [0.3, 0.4) is 0 Å². The Balaban J connectivity index is 0.00000227. The Morgan fingerprint density at radius 3 is 2.09 bits per heavy atom. The molecule has 2 aromatic rings. The fraction of sp³-hybridized carbons (Fsp3) is 0.500. The van der Waals surface area contributed by atoms with Crippen molar-refractivity contribution in [2.45, 2.75) is 58.9 Å². The van der Waals surface area contributed by atoms with Crippen molar-refractivity contribution in [3.63, 3.8) is 0 Å².